The number of hydrogen-bond acceptors (Lipinski definition) is 4. The zero-order valence-corrected chi connectivity index (χ0v) is 25.9. The predicted molar refractivity (Wildman–Crippen MR) is 144 cm³/mol. The smallest absolute Gasteiger partial charge is 0.128 e. The van der Waals surface area contributed by atoms with Gasteiger partial charge in [0.05, 0.1) is 12.1 Å². The quantitative estimate of drug-likeness (QED) is 0.523. The van der Waals surface area contributed by atoms with Gasteiger partial charge in [-0.15, -0.1) is 0 Å². The molecule has 2 aromatic carbocycles. The number of hydrogen-bond donors (Lipinski definition) is 2. The third-order valence-corrected chi connectivity index (χ3v) is 6.69. The van der Waals surface area contributed by atoms with Gasteiger partial charge in [-0.2, -0.15) is 0 Å². The predicted octanol–water partition coefficient (Wildman–Crippen LogP) is 4.16. The molecule has 0 radical (unpaired) electrons. The van der Waals surface area contributed by atoms with Crippen LogP contribution in [0.2, 0.25) is 0 Å². The largest absolute Gasteiger partial charge is 1.00 e. The Balaban J connectivity index is 0.00000324. The summed E-state index contributed by atoms with van der Waals surface area (Å²) in [4.78, 5) is 9.82. The second-order valence-electron chi connectivity index (χ2n) is 12.0. The van der Waals surface area contributed by atoms with Crippen molar-refractivity contribution in [2.75, 3.05) is 0 Å². The van der Waals surface area contributed by atoms with Gasteiger partial charge in [-0.25, -0.2) is 0 Å². The summed E-state index contributed by atoms with van der Waals surface area (Å²) in [7, 11) is 0. The average Bonchev–Trinajstić information content (AvgIpc) is 2.73. The molecule has 1 saturated carbocycles. The number of halogens is 1. The summed E-state index contributed by atoms with van der Waals surface area (Å²) in [5, 5.41) is 21.8. The third kappa shape index (κ3) is 7.94. The van der Waals surface area contributed by atoms with Crippen molar-refractivity contribution >= 4 is 12.4 Å². The third-order valence-electron chi connectivity index (χ3n) is 6.69. The molecule has 1 fully saturated rings. The molecule has 0 saturated heterocycles. The molecule has 0 heterocycles. The number of benzene rings is 2. The summed E-state index contributed by atoms with van der Waals surface area (Å²) < 4.78 is 0. The molecule has 0 spiro atoms. The summed E-state index contributed by atoms with van der Waals surface area (Å²) >= 11 is 0. The Hall–Kier alpha value is -1.61. The number of aryl methyl sites for hydroxylation is 2. The maximum Gasteiger partial charge on any atom is 0.128 e. The minimum absolute atomic E-state index is 0. The Morgan fingerprint density at radius 1 is 0.694 bits per heavy atom. The van der Waals surface area contributed by atoms with Crippen LogP contribution in [-0.4, -0.2) is 34.7 Å². The maximum absolute atomic E-state index is 10.9. The van der Waals surface area contributed by atoms with E-state index in [9.17, 15) is 10.2 Å². The average molecular weight is 595 g/mol. The van der Waals surface area contributed by atoms with Gasteiger partial charge >= 0.3 is 0 Å². The fraction of sp³-hybridized carbons (Fsp3) is 0.533. The summed E-state index contributed by atoms with van der Waals surface area (Å²) in [5.74, 6) is 0.634. The van der Waals surface area contributed by atoms with Crippen molar-refractivity contribution < 1.29 is 44.6 Å². The molecule has 0 aromatic heterocycles. The molecule has 0 bridgehead atoms. The van der Waals surface area contributed by atoms with Crippen LogP contribution in [0.3, 0.4) is 0 Å². The first-order chi connectivity index (χ1) is 15.8. The zero-order chi connectivity index (χ0) is 25.3. The van der Waals surface area contributed by atoms with Gasteiger partial charge in [0.15, 0.2) is 0 Å². The normalized spacial score (nSPS) is 18.8. The Labute approximate surface area is 239 Å². The molecule has 0 amide bonds. The first kappa shape index (κ1) is 32.4. The topological polar surface area (TPSA) is 65.2 Å². The number of rotatable bonds is 4. The van der Waals surface area contributed by atoms with Gasteiger partial charge in [0.1, 0.15) is 11.5 Å². The van der Waals surface area contributed by atoms with Crippen LogP contribution in [0.25, 0.3) is 0 Å². The molecule has 1 aliphatic rings. The van der Waals surface area contributed by atoms with Crippen LogP contribution in [0, 0.1) is 13.8 Å². The van der Waals surface area contributed by atoms with E-state index in [1.807, 2.05) is 24.6 Å². The Bertz CT molecular complexity index is 1010. The van der Waals surface area contributed by atoms with Crippen molar-refractivity contribution in [2.45, 2.75) is 104 Å². The van der Waals surface area contributed by atoms with E-state index in [2.05, 4.69) is 67.5 Å². The van der Waals surface area contributed by atoms with Crippen molar-refractivity contribution in [1.82, 2.24) is 0 Å². The molecule has 198 valence electrons. The van der Waals surface area contributed by atoms with Gasteiger partial charge < -0.3 is 27.2 Å². The van der Waals surface area contributed by atoms with Gasteiger partial charge in [-0.05, 0) is 60.8 Å². The number of phenols is 2. The van der Waals surface area contributed by atoms with E-state index in [1.165, 1.54) is 0 Å². The SMILES string of the molecule is Cc1cc(C=N[C@@H]2CCCC[C@H]2N=Cc2cc(C)cc(C(C)(C)C)c2O)c(O)c(C(C)(C)C)c1.[Br-].[Cr]. The molecule has 2 atom stereocenters. The second-order valence-corrected chi connectivity index (χ2v) is 12.0. The molecule has 2 aromatic rings. The van der Waals surface area contributed by atoms with E-state index in [4.69, 9.17) is 9.98 Å². The van der Waals surface area contributed by atoms with Crippen molar-refractivity contribution in [3.63, 3.8) is 0 Å². The van der Waals surface area contributed by atoms with Crippen molar-refractivity contribution in [3.05, 3.63) is 57.6 Å². The molecule has 2 N–H and O–H groups in total. The molecule has 1 aliphatic carbocycles. The van der Waals surface area contributed by atoms with E-state index in [0.29, 0.717) is 11.5 Å². The van der Waals surface area contributed by atoms with Crippen LogP contribution >= 0.6 is 0 Å². The Morgan fingerprint density at radius 2 is 1.03 bits per heavy atom. The Kier molecular flexibility index (Phi) is 11.5. The van der Waals surface area contributed by atoms with Gasteiger partial charge in [-0.1, -0.05) is 66.5 Å². The maximum atomic E-state index is 10.9. The fourth-order valence-corrected chi connectivity index (χ4v) is 4.75. The first-order valence-electron chi connectivity index (χ1n) is 12.5. The molecule has 36 heavy (non-hydrogen) atoms. The number of phenolic OH excluding ortho intramolecular Hbond substituents is 2. The van der Waals surface area contributed by atoms with E-state index < -0.39 is 0 Å². The van der Waals surface area contributed by atoms with Crippen LogP contribution in [0.1, 0.15) is 101 Å². The van der Waals surface area contributed by atoms with Gasteiger partial charge in [0, 0.05) is 52.0 Å². The monoisotopic (exact) mass is 593 g/mol. The fourth-order valence-electron chi connectivity index (χ4n) is 4.75. The van der Waals surface area contributed by atoms with E-state index in [-0.39, 0.29) is 57.3 Å². The second kappa shape index (κ2) is 12.8. The summed E-state index contributed by atoms with van der Waals surface area (Å²) in [5.41, 5.74) is 5.37. The minimum atomic E-state index is -0.141. The summed E-state index contributed by atoms with van der Waals surface area (Å²) in [6.45, 7) is 16.8. The van der Waals surface area contributed by atoms with Crippen LogP contribution in [0.15, 0.2) is 34.3 Å². The molecule has 6 heteroatoms. The van der Waals surface area contributed by atoms with Crippen LogP contribution in [0.4, 0.5) is 0 Å². The van der Waals surface area contributed by atoms with Crippen LogP contribution < -0.4 is 17.0 Å². The first-order valence-corrected chi connectivity index (χ1v) is 12.5. The zero-order valence-electron chi connectivity index (χ0n) is 23.0. The molecular weight excluding hydrogens is 552 g/mol. The summed E-state index contributed by atoms with van der Waals surface area (Å²) in [6, 6.07) is 8.23. The Morgan fingerprint density at radius 3 is 1.33 bits per heavy atom. The minimum Gasteiger partial charge on any atom is -1.00 e. The van der Waals surface area contributed by atoms with Crippen LogP contribution in [-0.2, 0) is 28.2 Å². The van der Waals surface area contributed by atoms with Gasteiger partial charge in [0.2, 0.25) is 0 Å². The molecule has 0 unspecified atom stereocenters. The van der Waals surface area contributed by atoms with E-state index >= 15 is 0 Å². The number of aromatic hydroxyl groups is 2. The molecule has 4 nitrogen and oxygen atoms in total. The van der Waals surface area contributed by atoms with Crippen molar-refractivity contribution in [2.24, 2.45) is 9.98 Å². The van der Waals surface area contributed by atoms with Gasteiger partial charge in [-0.3, -0.25) is 9.98 Å². The molecule has 3 rings (SSSR count). The standard InChI is InChI=1S/C30H42N2O2.BrH.Cr/c1-19-13-21(27(33)23(15-19)29(3,4)5)17-31-25-11-9-10-12-26(25)32-18-22-14-20(2)16-24(28(22)34)30(6,7)8;;/h13-18,25-26,33-34H,9-12H2,1-8H3;1H;/p-1/t25-,26-;;/m1../s1. The van der Waals surface area contributed by atoms with Crippen LogP contribution in [0.5, 0.6) is 11.5 Å². The van der Waals surface area contributed by atoms with Crippen molar-refractivity contribution in [3.8, 4) is 11.5 Å². The number of nitrogens with zero attached hydrogens (tertiary/aromatic N) is 2. The number of aliphatic imine (C=N–C) groups is 2. The van der Waals surface area contributed by atoms with Gasteiger partial charge in [0.25, 0.3) is 0 Å². The summed E-state index contributed by atoms with van der Waals surface area (Å²) in [6.07, 6.45) is 7.88. The van der Waals surface area contributed by atoms with E-state index in [1.54, 1.807) is 0 Å². The molecule has 0 aliphatic heterocycles. The van der Waals surface area contributed by atoms with Crippen molar-refractivity contribution in [1.29, 1.82) is 0 Å². The molecular formula is C30H42BrCrN2O2-. The van der Waals surface area contributed by atoms with E-state index in [0.717, 1.165) is 59.1 Å².